The van der Waals surface area contributed by atoms with Crippen molar-refractivity contribution in [1.82, 2.24) is 0 Å². The van der Waals surface area contributed by atoms with Crippen molar-refractivity contribution in [3.8, 4) is 0 Å². The van der Waals surface area contributed by atoms with Crippen LogP contribution in [0, 0.1) is 0 Å². The molecule has 0 atom stereocenters. The van der Waals surface area contributed by atoms with Crippen molar-refractivity contribution in [1.29, 1.82) is 0 Å². The van der Waals surface area contributed by atoms with E-state index in [1.807, 2.05) is 0 Å². The van der Waals surface area contributed by atoms with E-state index < -0.39 is 0 Å². The summed E-state index contributed by atoms with van der Waals surface area (Å²) in [5.41, 5.74) is 5.31. The molecule has 2 N–H and O–H groups in total. The van der Waals surface area contributed by atoms with Crippen LogP contribution in [0.1, 0.15) is 84.0 Å². The Labute approximate surface area is 148 Å². The van der Waals surface area contributed by atoms with Crippen LogP contribution < -0.4 is 5.73 Å². The van der Waals surface area contributed by atoms with E-state index in [2.05, 4.69) is 17.0 Å². The molecule has 0 heterocycles. The van der Waals surface area contributed by atoms with Gasteiger partial charge in [-0.1, -0.05) is 64.7 Å². The Kier molecular flexibility index (Phi) is 22.5. The first kappa shape index (κ1) is 23.8. The van der Waals surface area contributed by atoms with Gasteiger partial charge in [0.05, 0.1) is 19.8 Å². The number of unbranched alkanes of at least 4 members (excludes halogenated alkanes) is 10. The molecule has 0 bridgehead atoms. The molecule has 0 aliphatic rings. The van der Waals surface area contributed by atoms with Gasteiger partial charge in [-0.05, 0) is 29.3 Å². The summed E-state index contributed by atoms with van der Waals surface area (Å²) in [6, 6.07) is 0. The van der Waals surface area contributed by atoms with Crippen LogP contribution in [0.15, 0.2) is 0 Å². The maximum atomic E-state index is 5.31. The zero-order valence-corrected chi connectivity index (χ0v) is 15.6. The molecule has 0 saturated heterocycles. The Morgan fingerprint density at radius 1 is 0.542 bits per heavy atom. The Hall–Kier alpha value is -0.240. The van der Waals surface area contributed by atoms with E-state index >= 15 is 0 Å². The number of hydrogen-bond donors (Lipinski definition) is 1. The molecule has 0 amide bonds. The van der Waals surface area contributed by atoms with Crippen molar-refractivity contribution in [2.75, 3.05) is 33.0 Å². The summed E-state index contributed by atoms with van der Waals surface area (Å²) in [6.07, 6.45) is 14.7. The average molecular weight is 350 g/mol. The molecule has 146 valence electrons. The van der Waals surface area contributed by atoms with Gasteiger partial charge < -0.3 is 10.5 Å². The van der Waals surface area contributed by atoms with E-state index in [4.69, 9.17) is 20.2 Å². The third kappa shape index (κ3) is 21.8. The Morgan fingerprint density at radius 3 is 1.54 bits per heavy atom. The third-order valence-corrected chi connectivity index (χ3v) is 3.73. The highest BCUT2D eigenvalue weighted by Gasteiger charge is 1.95. The van der Waals surface area contributed by atoms with Crippen molar-refractivity contribution >= 4 is 0 Å². The lowest BCUT2D eigenvalue weighted by atomic mass is 10.1. The summed E-state index contributed by atoms with van der Waals surface area (Å²) in [4.78, 5) is 9.69. The van der Waals surface area contributed by atoms with E-state index in [0.29, 0.717) is 33.0 Å². The fourth-order valence-corrected chi connectivity index (χ4v) is 2.31. The minimum absolute atomic E-state index is 0.452. The van der Waals surface area contributed by atoms with Crippen molar-refractivity contribution in [2.45, 2.75) is 84.0 Å². The molecule has 24 heavy (non-hydrogen) atoms. The standard InChI is InChI=1S/C18H39NO5/c1-2-3-4-5-6-7-8-9-10-11-16-21-23-24-22-17-13-12-15-20-18-14-19/h2-19H2,1H3. The predicted molar refractivity (Wildman–Crippen MR) is 95.0 cm³/mol. The monoisotopic (exact) mass is 349 g/mol. The second-order valence-corrected chi connectivity index (χ2v) is 6.07. The molecule has 0 rings (SSSR count). The predicted octanol–water partition coefficient (Wildman–Crippen LogP) is 4.47. The minimum atomic E-state index is 0.452. The van der Waals surface area contributed by atoms with Crippen molar-refractivity contribution in [3.05, 3.63) is 0 Å². The molecule has 0 aromatic carbocycles. The molecule has 0 fully saturated rings. The molecule has 6 heteroatoms. The van der Waals surface area contributed by atoms with E-state index in [0.717, 1.165) is 19.3 Å². The van der Waals surface area contributed by atoms with Gasteiger partial charge in [-0.2, -0.15) is 0 Å². The Bertz CT molecular complexity index is 198. The second-order valence-electron chi connectivity index (χ2n) is 6.07. The van der Waals surface area contributed by atoms with E-state index in [9.17, 15) is 0 Å². The molecule has 0 aliphatic carbocycles. The Morgan fingerprint density at radius 2 is 1.00 bits per heavy atom. The average Bonchev–Trinajstić information content (AvgIpc) is 2.60. The summed E-state index contributed by atoms with van der Waals surface area (Å²) in [5.74, 6) is 0. The zero-order chi connectivity index (χ0) is 17.6. The van der Waals surface area contributed by atoms with Gasteiger partial charge in [0.15, 0.2) is 0 Å². The van der Waals surface area contributed by atoms with Crippen molar-refractivity contribution < 1.29 is 24.6 Å². The summed E-state index contributed by atoms with van der Waals surface area (Å²) in [6.45, 7) is 5.10. The highest BCUT2D eigenvalue weighted by molar-refractivity contribution is 4.46. The minimum Gasteiger partial charge on any atom is -0.380 e. The van der Waals surface area contributed by atoms with Crippen LogP contribution in [0.4, 0.5) is 0 Å². The molecule has 0 saturated carbocycles. The molecule has 0 aromatic rings. The number of rotatable bonds is 21. The fourth-order valence-electron chi connectivity index (χ4n) is 2.31. The first-order chi connectivity index (χ1) is 11.9. The molecule has 0 aromatic heterocycles. The molecule has 0 unspecified atom stereocenters. The maximum Gasteiger partial charge on any atom is 0.0855 e. The number of hydrogen-bond acceptors (Lipinski definition) is 6. The van der Waals surface area contributed by atoms with Gasteiger partial charge >= 0.3 is 0 Å². The SMILES string of the molecule is CCCCCCCCCCCCOOOOCCCCOCCN. The second kappa shape index (κ2) is 22.8. The van der Waals surface area contributed by atoms with Crippen LogP contribution in [0.2, 0.25) is 0 Å². The smallest absolute Gasteiger partial charge is 0.0855 e. The lowest BCUT2D eigenvalue weighted by Gasteiger charge is -2.04. The quantitative estimate of drug-likeness (QED) is 0.187. The third-order valence-electron chi connectivity index (χ3n) is 3.73. The van der Waals surface area contributed by atoms with E-state index in [1.54, 1.807) is 0 Å². The van der Waals surface area contributed by atoms with Gasteiger partial charge in [0.25, 0.3) is 0 Å². The first-order valence-electron chi connectivity index (χ1n) is 9.77. The van der Waals surface area contributed by atoms with Gasteiger partial charge in [-0.3, -0.25) is 0 Å². The van der Waals surface area contributed by atoms with Crippen LogP contribution in [0.25, 0.3) is 0 Å². The normalized spacial score (nSPS) is 11.2. The fraction of sp³-hybridized carbons (Fsp3) is 1.00. The van der Waals surface area contributed by atoms with Crippen LogP contribution in [-0.4, -0.2) is 33.0 Å². The zero-order valence-electron chi connectivity index (χ0n) is 15.6. The Balaban J connectivity index is 2.93. The molecule has 0 aliphatic heterocycles. The van der Waals surface area contributed by atoms with Gasteiger partial charge in [-0.25, -0.2) is 9.78 Å². The van der Waals surface area contributed by atoms with Crippen LogP contribution >= 0.6 is 0 Å². The molecule has 0 radical (unpaired) electrons. The highest BCUT2D eigenvalue weighted by Crippen LogP contribution is 2.10. The van der Waals surface area contributed by atoms with E-state index in [-0.39, 0.29) is 0 Å². The van der Waals surface area contributed by atoms with Crippen molar-refractivity contribution in [2.24, 2.45) is 5.73 Å². The van der Waals surface area contributed by atoms with Crippen LogP contribution in [-0.2, 0) is 24.6 Å². The first-order valence-corrected chi connectivity index (χ1v) is 9.77. The largest absolute Gasteiger partial charge is 0.380 e. The topological polar surface area (TPSA) is 72.2 Å². The maximum absolute atomic E-state index is 5.31. The van der Waals surface area contributed by atoms with Gasteiger partial charge in [-0.15, -0.1) is 0 Å². The molecule has 0 spiro atoms. The summed E-state index contributed by atoms with van der Waals surface area (Å²) < 4.78 is 5.23. The summed E-state index contributed by atoms with van der Waals surface area (Å²) >= 11 is 0. The van der Waals surface area contributed by atoms with Gasteiger partial charge in [0.1, 0.15) is 0 Å². The summed E-state index contributed by atoms with van der Waals surface area (Å²) in [7, 11) is 0. The van der Waals surface area contributed by atoms with E-state index in [1.165, 1.54) is 57.8 Å². The number of nitrogens with two attached hydrogens (primary N) is 1. The highest BCUT2D eigenvalue weighted by atomic mass is 17.7. The van der Waals surface area contributed by atoms with Crippen LogP contribution in [0.5, 0.6) is 0 Å². The molecular formula is C18H39NO5. The molecular weight excluding hydrogens is 310 g/mol. The van der Waals surface area contributed by atoms with Gasteiger partial charge in [0.2, 0.25) is 0 Å². The van der Waals surface area contributed by atoms with Gasteiger partial charge in [0, 0.05) is 13.2 Å². The van der Waals surface area contributed by atoms with Crippen LogP contribution in [0.3, 0.4) is 0 Å². The lowest BCUT2D eigenvalue weighted by Crippen LogP contribution is -2.09. The summed E-state index contributed by atoms with van der Waals surface area (Å²) in [5, 5.41) is 8.96. The lowest BCUT2D eigenvalue weighted by molar-refractivity contribution is -0.634. The number of ether oxygens (including phenoxy) is 1. The molecule has 6 nitrogen and oxygen atoms in total. The van der Waals surface area contributed by atoms with Crippen molar-refractivity contribution in [3.63, 3.8) is 0 Å².